The molecule has 7 nitrogen and oxygen atoms in total. The van der Waals surface area contributed by atoms with Gasteiger partial charge in [-0.3, -0.25) is 4.79 Å². The lowest BCUT2D eigenvalue weighted by Crippen LogP contribution is -2.43. The van der Waals surface area contributed by atoms with Crippen LogP contribution < -0.4 is 10.9 Å². The number of phenolic OH excluding ortho intramolecular Hbond substituents is 1. The Morgan fingerprint density at radius 3 is 2.86 bits per heavy atom. The summed E-state index contributed by atoms with van der Waals surface area (Å²) in [6, 6.07) is 16.6. The van der Waals surface area contributed by atoms with Crippen LogP contribution in [0.25, 0.3) is 5.69 Å². The second-order valence-electron chi connectivity index (χ2n) is 7.00. The summed E-state index contributed by atoms with van der Waals surface area (Å²) in [4.78, 5) is 14.6. The number of benzene rings is 2. The Hall–Kier alpha value is -3.16. The summed E-state index contributed by atoms with van der Waals surface area (Å²) in [5.74, 6) is 0.244. The minimum absolute atomic E-state index is 0.00918. The normalized spacial score (nSPS) is 18.9. The van der Waals surface area contributed by atoms with E-state index in [9.17, 15) is 9.90 Å². The Morgan fingerprint density at radius 1 is 1.21 bits per heavy atom. The van der Waals surface area contributed by atoms with E-state index in [4.69, 9.17) is 0 Å². The summed E-state index contributed by atoms with van der Waals surface area (Å²) in [6.45, 7) is 0.507. The Morgan fingerprint density at radius 2 is 2.07 bits per heavy atom. The van der Waals surface area contributed by atoms with E-state index in [0.29, 0.717) is 13.0 Å². The number of hydrazine groups is 1. The SMILES string of the molecule is CN(Cc1cccc(-n2cccn2)c1)C(=O)C1CC(c2ccccc2O)NN1. The summed E-state index contributed by atoms with van der Waals surface area (Å²) in [7, 11) is 1.80. The van der Waals surface area contributed by atoms with Gasteiger partial charge in [-0.2, -0.15) is 5.10 Å². The first-order chi connectivity index (χ1) is 13.6. The van der Waals surface area contributed by atoms with Crippen molar-refractivity contribution in [3.63, 3.8) is 0 Å². The molecule has 3 N–H and O–H groups in total. The fourth-order valence-corrected chi connectivity index (χ4v) is 3.54. The Balaban J connectivity index is 1.40. The summed E-state index contributed by atoms with van der Waals surface area (Å²) in [5.41, 5.74) is 8.98. The van der Waals surface area contributed by atoms with Crippen LogP contribution in [0.4, 0.5) is 0 Å². The van der Waals surface area contributed by atoms with Gasteiger partial charge in [-0.05, 0) is 36.2 Å². The van der Waals surface area contributed by atoms with E-state index >= 15 is 0 Å². The van der Waals surface area contributed by atoms with Crippen molar-refractivity contribution in [2.24, 2.45) is 0 Å². The van der Waals surface area contributed by atoms with Crippen LogP contribution in [0.2, 0.25) is 0 Å². The highest BCUT2D eigenvalue weighted by Gasteiger charge is 2.32. The van der Waals surface area contributed by atoms with Crippen LogP contribution in [0.5, 0.6) is 5.75 Å². The quantitative estimate of drug-likeness (QED) is 0.635. The molecule has 1 saturated heterocycles. The van der Waals surface area contributed by atoms with Crippen molar-refractivity contribution in [1.29, 1.82) is 0 Å². The molecule has 2 atom stereocenters. The van der Waals surface area contributed by atoms with E-state index < -0.39 is 0 Å². The van der Waals surface area contributed by atoms with Crippen LogP contribution in [0.15, 0.2) is 67.0 Å². The molecular formula is C21H23N5O2. The third-order valence-corrected chi connectivity index (χ3v) is 4.99. The van der Waals surface area contributed by atoms with E-state index in [1.807, 2.05) is 48.7 Å². The van der Waals surface area contributed by atoms with E-state index in [2.05, 4.69) is 16.0 Å². The summed E-state index contributed by atoms with van der Waals surface area (Å²) in [6.07, 6.45) is 4.21. The molecule has 28 heavy (non-hydrogen) atoms. The zero-order chi connectivity index (χ0) is 19.5. The highest BCUT2D eigenvalue weighted by Crippen LogP contribution is 2.29. The maximum Gasteiger partial charge on any atom is 0.241 e. The molecule has 144 valence electrons. The fourth-order valence-electron chi connectivity index (χ4n) is 3.54. The number of hydrogen-bond acceptors (Lipinski definition) is 5. The second-order valence-corrected chi connectivity index (χ2v) is 7.00. The maximum atomic E-state index is 12.9. The Kier molecular flexibility index (Phi) is 5.10. The number of nitrogens with one attached hydrogen (secondary N) is 2. The molecule has 0 radical (unpaired) electrons. The molecule has 1 aliphatic rings. The number of carbonyl (C=O) groups excluding carboxylic acids is 1. The molecule has 2 unspecified atom stereocenters. The molecule has 3 aromatic rings. The number of amides is 1. The van der Waals surface area contributed by atoms with Crippen LogP contribution in [0, 0.1) is 0 Å². The van der Waals surface area contributed by atoms with E-state index in [1.165, 1.54) is 0 Å². The first-order valence-electron chi connectivity index (χ1n) is 9.24. The summed E-state index contributed by atoms with van der Waals surface area (Å²) in [5, 5.41) is 14.3. The molecule has 4 rings (SSSR count). The number of para-hydroxylation sites is 1. The van der Waals surface area contributed by atoms with Gasteiger partial charge in [-0.25, -0.2) is 15.5 Å². The third kappa shape index (κ3) is 3.76. The van der Waals surface area contributed by atoms with Gasteiger partial charge in [0.05, 0.1) is 11.7 Å². The molecule has 2 aromatic carbocycles. The van der Waals surface area contributed by atoms with Gasteiger partial charge in [-0.15, -0.1) is 0 Å². The Labute approximate surface area is 163 Å². The Bertz CT molecular complexity index is 957. The zero-order valence-electron chi connectivity index (χ0n) is 15.6. The highest BCUT2D eigenvalue weighted by molar-refractivity contribution is 5.82. The van der Waals surface area contributed by atoms with E-state index in [0.717, 1.165) is 16.8 Å². The van der Waals surface area contributed by atoms with Gasteiger partial charge in [0, 0.05) is 31.5 Å². The zero-order valence-corrected chi connectivity index (χ0v) is 15.6. The van der Waals surface area contributed by atoms with Crippen molar-refractivity contribution in [3.8, 4) is 11.4 Å². The number of hydrogen-bond donors (Lipinski definition) is 3. The van der Waals surface area contributed by atoms with E-state index in [1.54, 1.807) is 35.0 Å². The average Bonchev–Trinajstić information content (AvgIpc) is 3.40. The van der Waals surface area contributed by atoms with Crippen molar-refractivity contribution in [2.45, 2.75) is 25.0 Å². The first-order valence-corrected chi connectivity index (χ1v) is 9.24. The van der Waals surface area contributed by atoms with Crippen LogP contribution in [0.3, 0.4) is 0 Å². The van der Waals surface area contributed by atoms with Gasteiger partial charge in [0.25, 0.3) is 0 Å². The average molecular weight is 377 g/mol. The minimum atomic E-state index is -0.344. The number of carbonyl (C=O) groups is 1. The van der Waals surface area contributed by atoms with E-state index in [-0.39, 0.29) is 23.7 Å². The lowest BCUT2D eigenvalue weighted by Gasteiger charge is -2.21. The topological polar surface area (TPSA) is 82.4 Å². The molecular weight excluding hydrogens is 354 g/mol. The largest absolute Gasteiger partial charge is 0.508 e. The van der Waals surface area contributed by atoms with Gasteiger partial charge in [0.2, 0.25) is 5.91 Å². The number of rotatable bonds is 5. The van der Waals surface area contributed by atoms with Gasteiger partial charge in [-0.1, -0.05) is 30.3 Å². The van der Waals surface area contributed by atoms with Gasteiger partial charge in [0.15, 0.2) is 0 Å². The van der Waals surface area contributed by atoms with Gasteiger partial charge in [0.1, 0.15) is 11.8 Å². The standard InChI is InChI=1S/C21H23N5O2/c1-25(14-15-6-4-7-16(12-15)26-11-5-10-22-26)21(28)19-13-18(23-24-19)17-8-2-3-9-20(17)27/h2-12,18-19,23-24,27H,13-14H2,1H3. The van der Waals surface area contributed by atoms with Crippen LogP contribution in [0.1, 0.15) is 23.6 Å². The van der Waals surface area contributed by atoms with Gasteiger partial charge >= 0.3 is 0 Å². The van der Waals surface area contributed by atoms with Gasteiger partial charge < -0.3 is 10.0 Å². The molecule has 0 saturated carbocycles. The maximum absolute atomic E-state index is 12.9. The van der Waals surface area contributed by atoms with Crippen molar-refractivity contribution in [2.75, 3.05) is 7.05 Å². The molecule has 1 aliphatic heterocycles. The smallest absolute Gasteiger partial charge is 0.241 e. The molecule has 2 heterocycles. The molecule has 0 aliphatic carbocycles. The predicted molar refractivity (Wildman–Crippen MR) is 106 cm³/mol. The highest BCUT2D eigenvalue weighted by atomic mass is 16.3. The third-order valence-electron chi connectivity index (χ3n) is 4.99. The first kappa shape index (κ1) is 18.2. The monoisotopic (exact) mass is 377 g/mol. The molecule has 1 amide bonds. The number of nitrogens with zero attached hydrogens (tertiary/aromatic N) is 3. The predicted octanol–water partition coefficient (Wildman–Crippen LogP) is 2.14. The molecule has 7 heteroatoms. The molecule has 0 spiro atoms. The van der Waals surface area contributed by atoms with Crippen molar-refractivity contribution in [1.82, 2.24) is 25.5 Å². The number of aromatic hydroxyl groups is 1. The fraction of sp³-hybridized carbons (Fsp3) is 0.238. The number of phenols is 1. The van der Waals surface area contributed by atoms with Crippen LogP contribution >= 0.6 is 0 Å². The minimum Gasteiger partial charge on any atom is -0.508 e. The van der Waals surface area contributed by atoms with Crippen LogP contribution in [-0.4, -0.2) is 38.8 Å². The lowest BCUT2D eigenvalue weighted by molar-refractivity contribution is -0.132. The van der Waals surface area contributed by atoms with Crippen LogP contribution in [-0.2, 0) is 11.3 Å². The summed E-state index contributed by atoms with van der Waals surface area (Å²) >= 11 is 0. The molecule has 1 aromatic heterocycles. The lowest BCUT2D eigenvalue weighted by atomic mass is 10.0. The molecule has 1 fully saturated rings. The van der Waals surface area contributed by atoms with Crippen molar-refractivity contribution < 1.29 is 9.90 Å². The summed E-state index contributed by atoms with van der Waals surface area (Å²) < 4.78 is 1.80. The van der Waals surface area contributed by atoms with Crippen molar-refractivity contribution in [3.05, 3.63) is 78.1 Å². The second kappa shape index (κ2) is 7.84. The molecule has 0 bridgehead atoms. The van der Waals surface area contributed by atoms with Crippen molar-refractivity contribution >= 4 is 5.91 Å². The number of likely N-dealkylation sites (N-methyl/N-ethyl adjacent to an activating group) is 1. The number of aromatic nitrogens is 2.